The molecule has 48 heavy (non-hydrogen) atoms. The molecular weight excluding hydrogens is 661 g/mol. The Hall–Kier alpha value is -3.96. The van der Waals surface area contributed by atoms with Crippen LogP contribution in [-0.2, 0) is 33.9 Å². The maximum Gasteiger partial charge on any atom is 0.416 e. The number of nitrogens with zero attached hydrogens (tertiary/aromatic N) is 3. The molecule has 0 spiro atoms. The predicted octanol–water partition coefficient (Wildman–Crippen LogP) is 8.06. The minimum atomic E-state index is -5.11. The number of rotatable bonds is 8. The molecule has 4 rings (SSSR count). The van der Waals surface area contributed by atoms with Crippen LogP contribution in [0.15, 0.2) is 36.4 Å². The van der Waals surface area contributed by atoms with Gasteiger partial charge < -0.3 is 10.2 Å². The molecule has 0 unspecified atom stereocenters. The highest BCUT2D eigenvalue weighted by molar-refractivity contribution is 7.16. The second kappa shape index (κ2) is 13.9. The van der Waals surface area contributed by atoms with E-state index in [1.54, 1.807) is 6.92 Å². The summed E-state index contributed by atoms with van der Waals surface area (Å²) in [6.07, 6.45) is -8.62. The second-order valence-corrected chi connectivity index (χ2v) is 13.7. The number of alkyl halides is 6. The lowest BCUT2D eigenvalue weighted by Crippen LogP contribution is -2.42. The summed E-state index contributed by atoms with van der Waals surface area (Å²) in [5.41, 5.74) is -4.22. The Morgan fingerprint density at radius 3 is 2.06 bits per heavy atom. The molecular formula is C34H35F7N4O2S. The van der Waals surface area contributed by atoms with E-state index in [1.165, 1.54) is 57.4 Å². The number of likely N-dealkylation sites (N-methyl/N-ethyl adjacent to an activating group) is 1. The Kier molecular flexibility index (Phi) is 10.7. The number of anilines is 1. The predicted molar refractivity (Wildman–Crippen MR) is 169 cm³/mol. The molecule has 3 aromatic rings. The standard InChI is InChI=1S/C34H35F7N4O2S/c1-19-12-25(35)6-7-26(19)30-29(27(16-42)28(48-30)18-45-10-8-21(9-11-45)17-43-20(2)46)44(5)31(47)32(3,4)22-13-23(33(36,37)38)15-24(14-22)34(39,40)41/h6-7,12-15,21H,8-11,17-18H2,1-5H3,(H,43,46). The van der Waals surface area contributed by atoms with Crippen LogP contribution >= 0.6 is 11.3 Å². The fourth-order valence-corrected chi connectivity index (χ4v) is 7.29. The van der Waals surface area contributed by atoms with E-state index in [9.17, 15) is 45.6 Å². The van der Waals surface area contributed by atoms with E-state index in [0.717, 1.165) is 17.7 Å². The first-order chi connectivity index (χ1) is 22.2. The normalized spacial score (nSPS) is 14.9. The zero-order valence-corrected chi connectivity index (χ0v) is 27.8. The van der Waals surface area contributed by atoms with Crippen LogP contribution in [-0.4, -0.2) is 43.4 Å². The van der Waals surface area contributed by atoms with Crippen molar-refractivity contribution in [2.75, 3.05) is 31.6 Å². The number of nitriles is 1. The van der Waals surface area contributed by atoms with Gasteiger partial charge in [-0.1, -0.05) is 6.07 Å². The Morgan fingerprint density at radius 1 is 1.00 bits per heavy atom. The molecule has 1 aliphatic rings. The first kappa shape index (κ1) is 36.9. The van der Waals surface area contributed by atoms with Gasteiger partial charge in [0, 0.05) is 31.9 Å². The summed E-state index contributed by atoms with van der Waals surface area (Å²) in [5, 5.41) is 13.2. The summed E-state index contributed by atoms with van der Waals surface area (Å²) in [5.74, 6) is -1.18. The number of hydrogen-bond donors (Lipinski definition) is 1. The van der Waals surface area contributed by atoms with Crippen LogP contribution in [0.4, 0.5) is 36.4 Å². The van der Waals surface area contributed by atoms with Crippen molar-refractivity contribution >= 4 is 28.8 Å². The minimum absolute atomic E-state index is 0.00473. The van der Waals surface area contributed by atoms with Crippen molar-refractivity contribution in [3.05, 3.63) is 74.9 Å². The quantitative estimate of drug-likeness (QED) is 0.242. The lowest BCUT2D eigenvalue weighted by molar-refractivity contribution is -0.143. The van der Waals surface area contributed by atoms with Crippen LogP contribution in [0.5, 0.6) is 0 Å². The van der Waals surface area contributed by atoms with Crippen molar-refractivity contribution in [1.29, 1.82) is 5.26 Å². The molecule has 0 bridgehead atoms. The number of hydrogen-bond acceptors (Lipinski definition) is 5. The minimum Gasteiger partial charge on any atom is -0.356 e. The molecule has 1 N–H and O–H groups in total. The fourth-order valence-electron chi connectivity index (χ4n) is 5.88. The third-order valence-electron chi connectivity index (χ3n) is 8.70. The summed E-state index contributed by atoms with van der Waals surface area (Å²) in [7, 11) is 1.32. The average molecular weight is 697 g/mol. The Balaban J connectivity index is 1.77. The largest absolute Gasteiger partial charge is 0.416 e. The summed E-state index contributed by atoms with van der Waals surface area (Å²) < 4.78 is 96.3. The molecule has 2 amide bonds. The zero-order chi connectivity index (χ0) is 35.8. The van der Waals surface area contributed by atoms with Crippen LogP contribution in [0.3, 0.4) is 0 Å². The van der Waals surface area contributed by atoms with Crippen molar-refractivity contribution in [3.8, 4) is 16.5 Å². The number of halogens is 7. The monoisotopic (exact) mass is 696 g/mol. The molecule has 14 heteroatoms. The maximum absolute atomic E-state index is 14.2. The fraction of sp³-hybridized carbons (Fsp3) is 0.441. The van der Waals surface area contributed by atoms with Gasteiger partial charge in [-0.3, -0.25) is 14.5 Å². The molecule has 1 saturated heterocycles. The van der Waals surface area contributed by atoms with Gasteiger partial charge in [0.15, 0.2) is 0 Å². The average Bonchev–Trinajstić information content (AvgIpc) is 3.36. The number of carbonyl (C=O) groups is 2. The van der Waals surface area contributed by atoms with Crippen LogP contribution in [0.25, 0.3) is 10.4 Å². The van der Waals surface area contributed by atoms with Gasteiger partial charge in [-0.25, -0.2) is 4.39 Å². The van der Waals surface area contributed by atoms with Crippen LogP contribution < -0.4 is 10.2 Å². The van der Waals surface area contributed by atoms with E-state index in [-0.39, 0.29) is 29.1 Å². The lowest BCUT2D eigenvalue weighted by Gasteiger charge is -2.32. The van der Waals surface area contributed by atoms with Crippen molar-refractivity contribution in [2.24, 2.45) is 5.92 Å². The van der Waals surface area contributed by atoms with Gasteiger partial charge in [0.1, 0.15) is 11.9 Å². The van der Waals surface area contributed by atoms with Crippen LogP contribution in [0.1, 0.15) is 66.3 Å². The molecule has 0 radical (unpaired) electrons. The number of piperidine rings is 1. The zero-order valence-electron chi connectivity index (χ0n) is 27.0. The van der Waals surface area contributed by atoms with Crippen molar-refractivity contribution in [3.63, 3.8) is 0 Å². The number of thiophene rings is 1. The van der Waals surface area contributed by atoms with Gasteiger partial charge in [0.25, 0.3) is 0 Å². The number of carbonyl (C=O) groups excluding carboxylic acids is 2. The van der Waals surface area contributed by atoms with E-state index in [4.69, 9.17) is 0 Å². The van der Waals surface area contributed by atoms with Gasteiger partial charge in [0.05, 0.1) is 32.7 Å². The van der Waals surface area contributed by atoms with Gasteiger partial charge >= 0.3 is 12.4 Å². The third kappa shape index (κ3) is 8.01. The first-order valence-electron chi connectivity index (χ1n) is 15.1. The molecule has 1 aromatic heterocycles. The summed E-state index contributed by atoms with van der Waals surface area (Å²) >= 11 is 1.22. The number of aryl methyl sites for hydroxylation is 1. The van der Waals surface area contributed by atoms with Crippen molar-refractivity contribution < 1.29 is 40.3 Å². The molecule has 258 valence electrons. The first-order valence-corrected chi connectivity index (χ1v) is 15.9. The van der Waals surface area contributed by atoms with E-state index >= 15 is 0 Å². The van der Waals surface area contributed by atoms with E-state index in [2.05, 4.69) is 16.3 Å². The highest BCUT2D eigenvalue weighted by Gasteiger charge is 2.42. The van der Waals surface area contributed by atoms with E-state index in [0.29, 0.717) is 59.2 Å². The highest BCUT2D eigenvalue weighted by Crippen LogP contribution is 2.46. The molecule has 6 nitrogen and oxygen atoms in total. The van der Waals surface area contributed by atoms with Crippen LogP contribution in [0.2, 0.25) is 0 Å². The van der Waals surface area contributed by atoms with E-state index < -0.39 is 46.2 Å². The summed E-state index contributed by atoms with van der Waals surface area (Å²) in [4.78, 5) is 29.8. The van der Waals surface area contributed by atoms with Gasteiger partial charge in [-0.05, 0) is 99.6 Å². The number of likely N-dealkylation sites (tertiary alicyclic amines) is 1. The van der Waals surface area contributed by atoms with Crippen LogP contribution in [0, 0.1) is 30.0 Å². The van der Waals surface area contributed by atoms with Crippen molar-refractivity contribution in [2.45, 2.75) is 64.8 Å². The maximum atomic E-state index is 14.2. The molecule has 0 aliphatic carbocycles. The highest BCUT2D eigenvalue weighted by atomic mass is 32.1. The molecule has 2 aromatic carbocycles. The molecule has 2 heterocycles. The topological polar surface area (TPSA) is 76.4 Å². The number of benzene rings is 2. The second-order valence-electron chi connectivity index (χ2n) is 12.6. The Bertz CT molecular complexity index is 1700. The molecule has 1 aliphatic heterocycles. The molecule has 0 saturated carbocycles. The summed E-state index contributed by atoms with van der Waals surface area (Å²) in [6, 6.07) is 7.26. The Morgan fingerprint density at radius 2 is 1.56 bits per heavy atom. The van der Waals surface area contributed by atoms with Gasteiger partial charge in [-0.2, -0.15) is 31.6 Å². The number of nitrogens with one attached hydrogen (secondary N) is 1. The molecule has 0 atom stereocenters. The Labute approximate surface area is 278 Å². The SMILES string of the molecule is CC(=O)NCC1CCN(Cc2sc(-c3ccc(F)cc3C)c(N(C)C(=O)C(C)(C)c3cc(C(F)(F)F)cc(C(F)(F)F)c3)c2C#N)CC1. The number of amides is 2. The van der Waals surface area contributed by atoms with E-state index in [1.807, 2.05) is 0 Å². The lowest BCUT2D eigenvalue weighted by atomic mass is 9.81. The smallest absolute Gasteiger partial charge is 0.356 e. The third-order valence-corrected chi connectivity index (χ3v) is 9.90. The van der Waals surface area contributed by atoms with Gasteiger partial charge in [0.2, 0.25) is 11.8 Å². The van der Waals surface area contributed by atoms with Gasteiger partial charge in [-0.15, -0.1) is 11.3 Å². The summed E-state index contributed by atoms with van der Waals surface area (Å²) in [6.45, 7) is 7.81. The molecule has 1 fully saturated rings. The van der Waals surface area contributed by atoms with Crippen molar-refractivity contribution in [1.82, 2.24) is 10.2 Å².